The fraction of sp³-hybridized carbons (Fsp3) is 0.350. The second kappa shape index (κ2) is 7.83. The van der Waals surface area contributed by atoms with E-state index in [1.54, 1.807) is 0 Å². The van der Waals surface area contributed by atoms with Gasteiger partial charge in [0, 0.05) is 17.0 Å². The minimum absolute atomic E-state index is 0.0101. The first-order valence-corrected chi connectivity index (χ1v) is 9.35. The van der Waals surface area contributed by atoms with Gasteiger partial charge < -0.3 is 14.8 Å². The molecule has 4 nitrogen and oxygen atoms in total. The molecule has 1 unspecified atom stereocenters. The van der Waals surface area contributed by atoms with Crippen molar-refractivity contribution >= 4 is 23.4 Å². The van der Waals surface area contributed by atoms with Crippen LogP contribution in [0, 0.1) is 13.8 Å². The molecule has 132 valence electrons. The molecule has 1 N–H and O–H groups in total. The summed E-state index contributed by atoms with van der Waals surface area (Å²) in [6.45, 7) is 7.29. The summed E-state index contributed by atoms with van der Waals surface area (Å²) in [5, 5.41) is 2.80. The Morgan fingerprint density at radius 3 is 2.60 bits per heavy atom. The molecule has 2 aromatic rings. The van der Waals surface area contributed by atoms with Crippen molar-refractivity contribution in [2.45, 2.75) is 37.3 Å². The van der Waals surface area contributed by atoms with Gasteiger partial charge in [0.2, 0.25) is 5.91 Å². The first-order chi connectivity index (χ1) is 12.0. The standard InChI is InChI=1S/C20H23NO3S/c1-13-5-7-17(14(2)11-13)21-20(22)15(3)25-16-6-8-18-19(12-16)24-10-4-9-23-18/h5-8,11-12,15H,4,9-10H2,1-3H3,(H,21,22). The number of nitrogens with one attached hydrogen (secondary N) is 1. The number of benzene rings is 2. The molecule has 1 aliphatic heterocycles. The lowest BCUT2D eigenvalue weighted by Gasteiger charge is -2.15. The van der Waals surface area contributed by atoms with E-state index in [0.29, 0.717) is 13.2 Å². The molecule has 0 saturated carbocycles. The van der Waals surface area contributed by atoms with Crippen molar-refractivity contribution in [2.75, 3.05) is 18.5 Å². The third kappa shape index (κ3) is 4.48. The lowest BCUT2D eigenvalue weighted by molar-refractivity contribution is -0.115. The van der Waals surface area contributed by atoms with Crippen LogP contribution < -0.4 is 14.8 Å². The zero-order chi connectivity index (χ0) is 17.8. The van der Waals surface area contributed by atoms with Crippen LogP contribution in [0.3, 0.4) is 0 Å². The molecular weight excluding hydrogens is 334 g/mol. The summed E-state index contributed by atoms with van der Waals surface area (Å²) < 4.78 is 11.4. The Morgan fingerprint density at radius 1 is 1.08 bits per heavy atom. The summed E-state index contributed by atoms with van der Waals surface area (Å²) in [7, 11) is 0. The molecule has 0 saturated heterocycles. The summed E-state index contributed by atoms with van der Waals surface area (Å²) in [5.41, 5.74) is 3.12. The molecule has 1 atom stereocenters. The number of carbonyl (C=O) groups is 1. The maximum atomic E-state index is 12.5. The number of aryl methyl sites for hydroxylation is 2. The summed E-state index contributed by atoms with van der Waals surface area (Å²) in [5.74, 6) is 1.52. The quantitative estimate of drug-likeness (QED) is 0.814. The lowest BCUT2D eigenvalue weighted by Crippen LogP contribution is -2.22. The van der Waals surface area contributed by atoms with Crippen molar-refractivity contribution in [1.29, 1.82) is 0 Å². The van der Waals surface area contributed by atoms with E-state index >= 15 is 0 Å². The molecule has 0 aromatic heterocycles. The van der Waals surface area contributed by atoms with E-state index in [1.165, 1.54) is 17.3 Å². The zero-order valence-corrected chi connectivity index (χ0v) is 15.6. The summed E-state index contributed by atoms with van der Waals surface area (Å²) in [6.07, 6.45) is 0.881. The van der Waals surface area contributed by atoms with E-state index in [-0.39, 0.29) is 11.2 Å². The fourth-order valence-electron chi connectivity index (χ4n) is 2.66. The number of hydrogen-bond donors (Lipinski definition) is 1. The van der Waals surface area contributed by atoms with Gasteiger partial charge in [0.15, 0.2) is 11.5 Å². The molecule has 1 heterocycles. The maximum Gasteiger partial charge on any atom is 0.237 e. The van der Waals surface area contributed by atoms with Gasteiger partial charge in [-0.2, -0.15) is 0 Å². The number of carbonyl (C=O) groups excluding carboxylic acids is 1. The number of thioether (sulfide) groups is 1. The number of anilines is 1. The molecule has 0 spiro atoms. The molecule has 5 heteroatoms. The minimum Gasteiger partial charge on any atom is -0.490 e. The third-order valence-corrected chi connectivity index (χ3v) is 5.13. The van der Waals surface area contributed by atoms with Crippen molar-refractivity contribution in [3.63, 3.8) is 0 Å². The van der Waals surface area contributed by atoms with Crippen molar-refractivity contribution in [1.82, 2.24) is 0 Å². The predicted octanol–water partition coefficient (Wildman–Crippen LogP) is 4.58. The lowest BCUT2D eigenvalue weighted by atomic mass is 10.1. The van der Waals surface area contributed by atoms with E-state index < -0.39 is 0 Å². The first kappa shape index (κ1) is 17.7. The van der Waals surface area contributed by atoms with Crippen LogP contribution in [-0.4, -0.2) is 24.4 Å². The summed E-state index contributed by atoms with van der Waals surface area (Å²) >= 11 is 1.51. The van der Waals surface area contributed by atoms with Crippen LogP contribution in [0.25, 0.3) is 0 Å². The largest absolute Gasteiger partial charge is 0.490 e. The van der Waals surface area contributed by atoms with Crippen LogP contribution in [0.5, 0.6) is 11.5 Å². The number of rotatable bonds is 4. The highest BCUT2D eigenvalue weighted by Crippen LogP contribution is 2.35. The summed E-state index contributed by atoms with van der Waals surface area (Å²) in [4.78, 5) is 13.5. The number of ether oxygens (including phenoxy) is 2. The average molecular weight is 357 g/mol. The number of fused-ring (bicyclic) bond motifs is 1. The van der Waals surface area contributed by atoms with E-state index in [4.69, 9.17) is 9.47 Å². The van der Waals surface area contributed by atoms with Crippen molar-refractivity contribution in [3.05, 3.63) is 47.5 Å². The normalized spacial score (nSPS) is 14.5. The van der Waals surface area contributed by atoms with Gasteiger partial charge in [0.1, 0.15) is 0 Å². The fourth-order valence-corrected chi connectivity index (χ4v) is 3.56. The number of hydrogen-bond acceptors (Lipinski definition) is 4. The molecule has 25 heavy (non-hydrogen) atoms. The van der Waals surface area contributed by atoms with Crippen LogP contribution >= 0.6 is 11.8 Å². The van der Waals surface area contributed by atoms with E-state index in [9.17, 15) is 4.79 Å². The topological polar surface area (TPSA) is 47.6 Å². The van der Waals surface area contributed by atoms with Crippen LogP contribution in [-0.2, 0) is 4.79 Å². The Bertz CT molecular complexity index is 776. The van der Waals surface area contributed by atoms with Crippen molar-refractivity contribution < 1.29 is 14.3 Å². The van der Waals surface area contributed by atoms with Gasteiger partial charge in [0.05, 0.1) is 18.5 Å². The SMILES string of the molecule is Cc1ccc(NC(=O)C(C)Sc2ccc3c(c2)OCCCO3)c(C)c1. The highest BCUT2D eigenvalue weighted by molar-refractivity contribution is 8.00. The Labute approximate surface area is 152 Å². The van der Waals surface area contributed by atoms with E-state index in [2.05, 4.69) is 11.4 Å². The maximum absolute atomic E-state index is 12.5. The molecule has 0 radical (unpaired) electrons. The Morgan fingerprint density at radius 2 is 1.84 bits per heavy atom. The second-order valence-corrected chi connectivity index (χ2v) is 7.64. The van der Waals surface area contributed by atoms with E-state index in [0.717, 1.165) is 34.1 Å². The second-order valence-electron chi connectivity index (χ2n) is 6.23. The van der Waals surface area contributed by atoms with Gasteiger partial charge in [-0.1, -0.05) is 17.7 Å². The third-order valence-electron chi connectivity index (χ3n) is 4.04. The van der Waals surface area contributed by atoms with Gasteiger partial charge in [-0.15, -0.1) is 11.8 Å². The van der Waals surface area contributed by atoms with Gasteiger partial charge in [-0.3, -0.25) is 4.79 Å². The monoisotopic (exact) mass is 357 g/mol. The highest BCUT2D eigenvalue weighted by atomic mass is 32.2. The molecule has 0 fully saturated rings. The Kier molecular flexibility index (Phi) is 5.53. The van der Waals surface area contributed by atoms with Crippen LogP contribution in [0.1, 0.15) is 24.5 Å². The zero-order valence-electron chi connectivity index (χ0n) is 14.8. The van der Waals surface area contributed by atoms with E-state index in [1.807, 2.05) is 51.1 Å². The molecule has 0 aliphatic carbocycles. The minimum atomic E-state index is -0.217. The van der Waals surface area contributed by atoms with Crippen LogP contribution in [0.2, 0.25) is 0 Å². The first-order valence-electron chi connectivity index (χ1n) is 8.47. The molecule has 0 bridgehead atoms. The average Bonchev–Trinajstić information content (AvgIpc) is 2.82. The van der Waals surface area contributed by atoms with Gasteiger partial charge >= 0.3 is 0 Å². The highest BCUT2D eigenvalue weighted by Gasteiger charge is 2.17. The van der Waals surface area contributed by atoms with Crippen LogP contribution in [0.4, 0.5) is 5.69 Å². The predicted molar refractivity (Wildman–Crippen MR) is 102 cm³/mol. The molecule has 1 aliphatic rings. The molecule has 3 rings (SSSR count). The van der Waals surface area contributed by atoms with Gasteiger partial charge in [0.25, 0.3) is 0 Å². The smallest absolute Gasteiger partial charge is 0.237 e. The molecule has 2 aromatic carbocycles. The Balaban J connectivity index is 1.66. The molecular formula is C20H23NO3S. The van der Waals surface area contributed by atoms with Crippen LogP contribution in [0.15, 0.2) is 41.3 Å². The van der Waals surface area contributed by atoms with Crippen molar-refractivity contribution in [2.24, 2.45) is 0 Å². The van der Waals surface area contributed by atoms with Crippen molar-refractivity contribution in [3.8, 4) is 11.5 Å². The Hall–Kier alpha value is -2.14. The van der Waals surface area contributed by atoms with Gasteiger partial charge in [-0.25, -0.2) is 0 Å². The number of amides is 1. The molecule has 1 amide bonds. The summed E-state index contributed by atoms with van der Waals surface area (Å²) in [6, 6.07) is 11.9. The van der Waals surface area contributed by atoms with Gasteiger partial charge in [-0.05, 0) is 50.6 Å².